The fraction of sp³-hybridized carbons (Fsp3) is 0.750. The molecule has 98 valence electrons. The summed E-state index contributed by atoms with van der Waals surface area (Å²) in [7, 11) is 1.95. The van der Waals surface area contributed by atoms with Gasteiger partial charge in [0.05, 0.1) is 16.4 Å². The highest BCUT2D eigenvalue weighted by Crippen LogP contribution is 2.20. The first-order chi connectivity index (χ1) is 8.10. The summed E-state index contributed by atoms with van der Waals surface area (Å²) >= 11 is 8.17. The van der Waals surface area contributed by atoms with Crippen LogP contribution in [0.25, 0.3) is 0 Å². The van der Waals surface area contributed by atoms with Gasteiger partial charge in [-0.1, -0.05) is 18.5 Å². The summed E-state index contributed by atoms with van der Waals surface area (Å²) in [6.45, 7) is 5.08. The van der Waals surface area contributed by atoms with Crippen molar-refractivity contribution in [2.75, 3.05) is 12.0 Å². The molecule has 1 heterocycles. The molecule has 0 amide bonds. The number of aryl methyl sites for hydroxylation is 2. The summed E-state index contributed by atoms with van der Waals surface area (Å²) < 4.78 is 1.88. The third kappa shape index (κ3) is 4.19. The lowest BCUT2D eigenvalue weighted by Crippen LogP contribution is -2.27. The molecule has 1 aromatic rings. The van der Waals surface area contributed by atoms with Crippen LogP contribution < -0.4 is 5.32 Å². The SMILES string of the molecule is CCc1nn(C)c(CNC(C)CCSC)c1Cl. The Kier molecular flexibility index (Phi) is 6.38. The van der Waals surface area contributed by atoms with E-state index < -0.39 is 0 Å². The average Bonchev–Trinajstić information content (AvgIpc) is 2.59. The molecule has 0 aliphatic heterocycles. The lowest BCUT2D eigenvalue weighted by atomic mass is 10.2. The molecule has 0 radical (unpaired) electrons. The number of hydrogen-bond acceptors (Lipinski definition) is 3. The average molecular weight is 276 g/mol. The molecule has 5 heteroatoms. The van der Waals surface area contributed by atoms with Gasteiger partial charge in [-0.3, -0.25) is 4.68 Å². The maximum Gasteiger partial charge on any atom is 0.0863 e. The molecule has 1 aromatic heterocycles. The molecule has 0 fully saturated rings. The van der Waals surface area contributed by atoms with E-state index in [1.54, 1.807) is 0 Å². The largest absolute Gasteiger partial charge is 0.309 e. The zero-order valence-corrected chi connectivity index (χ0v) is 12.7. The summed E-state index contributed by atoms with van der Waals surface area (Å²) in [5, 5.41) is 8.72. The van der Waals surface area contributed by atoms with E-state index in [0.717, 1.165) is 29.4 Å². The van der Waals surface area contributed by atoms with E-state index in [0.29, 0.717) is 6.04 Å². The highest BCUT2D eigenvalue weighted by atomic mass is 35.5. The molecule has 0 saturated carbocycles. The minimum atomic E-state index is 0.512. The maximum absolute atomic E-state index is 6.29. The van der Waals surface area contributed by atoms with Gasteiger partial charge in [0.15, 0.2) is 0 Å². The van der Waals surface area contributed by atoms with Crippen molar-refractivity contribution in [3.63, 3.8) is 0 Å². The molecule has 0 saturated heterocycles. The molecule has 17 heavy (non-hydrogen) atoms. The Morgan fingerprint density at radius 1 is 1.53 bits per heavy atom. The standard InChI is InChI=1S/C12H22ClN3S/c1-5-10-12(13)11(16(3)15-10)8-14-9(2)6-7-17-4/h9,14H,5-8H2,1-4H3. The van der Waals surface area contributed by atoms with Crippen LogP contribution in [-0.2, 0) is 20.0 Å². The summed E-state index contributed by atoms with van der Waals surface area (Å²) in [5.41, 5.74) is 2.07. The van der Waals surface area contributed by atoms with Gasteiger partial charge < -0.3 is 5.32 Å². The Hall–Kier alpha value is -0.190. The van der Waals surface area contributed by atoms with Crippen molar-refractivity contribution in [2.24, 2.45) is 7.05 Å². The first kappa shape index (κ1) is 14.9. The van der Waals surface area contributed by atoms with Crippen LogP contribution in [0.3, 0.4) is 0 Å². The molecule has 0 aliphatic rings. The molecule has 1 atom stereocenters. The second-order valence-corrected chi connectivity index (χ2v) is 5.61. The highest BCUT2D eigenvalue weighted by molar-refractivity contribution is 7.98. The number of thioether (sulfide) groups is 1. The Morgan fingerprint density at radius 3 is 2.76 bits per heavy atom. The minimum absolute atomic E-state index is 0.512. The molecule has 1 N–H and O–H groups in total. The summed E-state index contributed by atoms with van der Waals surface area (Å²) in [5.74, 6) is 1.19. The summed E-state index contributed by atoms with van der Waals surface area (Å²) in [6, 6.07) is 0.512. The monoisotopic (exact) mass is 275 g/mol. The van der Waals surface area contributed by atoms with Crippen LogP contribution in [0.2, 0.25) is 5.02 Å². The van der Waals surface area contributed by atoms with Crippen molar-refractivity contribution in [1.29, 1.82) is 0 Å². The zero-order valence-electron chi connectivity index (χ0n) is 11.1. The predicted molar refractivity (Wildman–Crippen MR) is 76.9 cm³/mol. The number of rotatable bonds is 7. The van der Waals surface area contributed by atoms with Gasteiger partial charge in [-0.25, -0.2) is 0 Å². The fourth-order valence-electron chi connectivity index (χ4n) is 1.68. The molecule has 1 rings (SSSR count). The Bertz CT molecular complexity index is 352. The molecule has 3 nitrogen and oxygen atoms in total. The lowest BCUT2D eigenvalue weighted by Gasteiger charge is -2.13. The van der Waals surface area contributed by atoms with Gasteiger partial charge in [0, 0.05) is 19.6 Å². The van der Waals surface area contributed by atoms with Crippen LogP contribution in [0, 0.1) is 0 Å². The normalized spacial score (nSPS) is 13.0. The summed E-state index contributed by atoms with van der Waals surface area (Å²) in [6.07, 6.45) is 4.20. The van der Waals surface area contributed by atoms with E-state index in [1.165, 1.54) is 12.2 Å². The second-order valence-electron chi connectivity index (χ2n) is 4.25. The number of nitrogens with zero attached hydrogens (tertiary/aromatic N) is 2. The van der Waals surface area contributed by atoms with Gasteiger partial charge in [0.1, 0.15) is 0 Å². The molecular weight excluding hydrogens is 254 g/mol. The fourth-order valence-corrected chi connectivity index (χ4v) is 2.63. The smallest absolute Gasteiger partial charge is 0.0863 e. The van der Waals surface area contributed by atoms with Crippen LogP contribution in [-0.4, -0.2) is 27.8 Å². The number of hydrogen-bond donors (Lipinski definition) is 1. The van der Waals surface area contributed by atoms with Crippen molar-refractivity contribution in [1.82, 2.24) is 15.1 Å². The van der Waals surface area contributed by atoms with Gasteiger partial charge in [0.25, 0.3) is 0 Å². The van der Waals surface area contributed by atoms with Crippen molar-refractivity contribution in [2.45, 2.75) is 39.3 Å². The van der Waals surface area contributed by atoms with E-state index in [1.807, 2.05) is 23.5 Å². The second kappa shape index (κ2) is 7.29. The van der Waals surface area contributed by atoms with Crippen LogP contribution in [0.4, 0.5) is 0 Å². The molecular formula is C12H22ClN3S. The molecule has 0 bridgehead atoms. The van der Waals surface area contributed by atoms with E-state index >= 15 is 0 Å². The van der Waals surface area contributed by atoms with Crippen molar-refractivity contribution >= 4 is 23.4 Å². The quantitative estimate of drug-likeness (QED) is 0.830. The van der Waals surface area contributed by atoms with Crippen LogP contribution in [0.5, 0.6) is 0 Å². The highest BCUT2D eigenvalue weighted by Gasteiger charge is 2.13. The van der Waals surface area contributed by atoms with Gasteiger partial charge in [0.2, 0.25) is 0 Å². The molecule has 0 spiro atoms. The number of aromatic nitrogens is 2. The maximum atomic E-state index is 6.29. The topological polar surface area (TPSA) is 29.9 Å². The first-order valence-electron chi connectivity index (χ1n) is 6.02. The Morgan fingerprint density at radius 2 is 2.24 bits per heavy atom. The Balaban J connectivity index is 2.54. The molecule has 0 aliphatic carbocycles. The zero-order chi connectivity index (χ0) is 12.8. The van der Waals surface area contributed by atoms with Crippen molar-refractivity contribution < 1.29 is 0 Å². The van der Waals surface area contributed by atoms with E-state index in [9.17, 15) is 0 Å². The van der Waals surface area contributed by atoms with Crippen LogP contribution in [0.1, 0.15) is 31.7 Å². The van der Waals surface area contributed by atoms with Gasteiger partial charge in [-0.15, -0.1) is 0 Å². The predicted octanol–water partition coefficient (Wildman–Crippen LogP) is 2.87. The van der Waals surface area contributed by atoms with Gasteiger partial charge in [-0.2, -0.15) is 16.9 Å². The van der Waals surface area contributed by atoms with Crippen molar-refractivity contribution in [3.8, 4) is 0 Å². The number of halogens is 1. The van der Waals surface area contributed by atoms with Crippen LogP contribution >= 0.6 is 23.4 Å². The summed E-state index contributed by atoms with van der Waals surface area (Å²) in [4.78, 5) is 0. The molecule has 0 aromatic carbocycles. The first-order valence-corrected chi connectivity index (χ1v) is 7.79. The van der Waals surface area contributed by atoms with E-state index in [-0.39, 0.29) is 0 Å². The van der Waals surface area contributed by atoms with Crippen LogP contribution in [0.15, 0.2) is 0 Å². The lowest BCUT2D eigenvalue weighted by molar-refractivity contribution is 0.519. The number of nitrogens with one attached hydrogen (secondary N) is 1. The van der Waals surface area contributed by atoms with E-state index in [2.05, 4.69) is 30.5 Å². The van der Waals surface area contributed by atoms with Gasteiger partial charge in [-0.05, 0) is 31.8 Å². The minimum Gasteiger partial charge on any atom is -0.309 e. The Labute approximate surface area is 113 Å². The van der Waals surface area contributed by atoms with Gasteiger partial charge >= 0.3 is 0 Å². The van der Waals surface area contributed by atoms with E-state index in [4.69, 9.17) is 11.6 Å². The third-order valence-corrected chi connectivity index (χ3v) is 3.96. The van der Waals surface area contributed by atoms with Crippen molar-refractivity contribution in [3.05, 3.63) is 16.4 Å². The third-order valence-electron chi connectivity index (χ3n) is 2.88. The molecule has 1 unspecified atom stereocenters.